The normalized spacial score (nSPS) is 11.5. The van der Waals surface area contributed by atoms with Crippen molar-refractivity contribution in [1.29, 1.82) is 0 Å². The lowest BCUT2D eigenvalue weighted by molar-refractivity contribution is 0.0795. The molecular formula is C13H18F2N4O. The van der Waals surface area contributed by atoms with Gasteiger partial charge in [-0.3, -0.25) is 0 Å². The molecule has 0 saturated carbocycles. The van der Waals surface area contributed by atoms with Gasteiger partial charge in [-0.05, 0) is 13.0 Å². The smallest absolute Gasteiger partial charge is 0.272 e. The number of halogens is 2. The van der Waals surface area contributed by atoms with Crippen LogP contribution >= 0.6 is 0 Å². The number of nitrogens with zero attached hydrogens (tertiary/aromatic N) is 2. The Morgan fingerprint density at radius 1 is 1.55 bits per heavy atom. The van der Waals surface area contributed by atoms with Crippen molar-refractivity contribution in [3.63, 3.8) is 0 Å². The predicted octanol–water partition coefficient (Wildman–Crippen LogP) is 1.71. The molecule has 0 aliphatic heterocycles. The van der Waals surface area contributed by atoms with Gasteiger partial charge in [0.2, 0.25) is 5.88 Å². The van der Waals surface area contributed by atoms with Crippen LogP contribution in [0.2, 0.25) is 0 Å². The SMILES string of the molecule is C=C(C)CNC(N)=NCc1cccc(OCC(F)F)n1. The lowest BCUT2D eigenvalue weighted by atomic mass is 10.3. The van der Waals surface area contributed by atoms with E-state index < -0.39 is 13.0 Å². The van der Waals surface area contributed by atoms with Gasteiger partial charge in [0.05, 0.1) is 12.2 Å². The summed E-state index contributed by atoms with van der Waals surface area (Å²) >= 11 is 0. The molecule has 0 aliphatic rings. The van der Waals surface area contributed by atoms with Crippen molar-refractivity contribution in [2.75, 3.05) is 13.2 Å². The summed E-state index contributed by atoms with van der Waals surface area (Å²) in [5.74, 6) is 0.417. The Morgan fingerprint density at radius 3 is 2.95 bits per heavy atom. The molecule has 110 valence electrons. The molecule has 1 aromatic rings. The van der Waals surface area contributed by atoms with Gasteiger partial charge in [-0.1, -0.05) is 18.2 Å². The molecule has 5 nitrogen and oxygen atoms in total. The molecule has 1 rings (SSSR count). The van der Waals surface area contributed by atoms with Crippen molar-refractivity contribution in [3.8, 4) is 5.88 Å². The first-order valence-electron chi connectivity index (χ1n) is 6.02. The first kappa shape index (κ1) is 15.9. The van der Waals surface area contributed by atoms with E-state index in [4.69, 9.17) is 10.5 Å². The van der Waals surface area contributed by atoms with E-state index in [0.29, 0.717) is 12.2 Å². The van der Waals surface area contributed by atoms with Crippen LogP contribution in [0.25, 0.3) is 0 Å². The topological polar surface area (TPSA) is 72.5 Å². The maximum absolute atomic E-state index is 12.0. The third kappa shape index (κ3) is 6.67. The molecule has 0 unspecified atom stereocenters. The van der Waals surface area contributed by atoms with Crippen LogP contribution in [0, 0.1) is 0 Å². The number of ether oxygens (including phenoxy) is 1. The lowest BCUT2D eigenvalue weighted by Crippen LogP contribution is -2.32. The average Bonchev–Trinajstić information content (AvgIpc) is 2.41. The van der Waals surface area contributed by atoms with E-state index in [0.717, 1.165) is 5.57 Å². The van der Waals surface area contributed by atoms with Gasteiger partial charge in [0.15, 0.2) is 12.6 Å². The third-order valence-corrected chi connectivity index (χ3v) is 2.12. The van der Waals surface area contributed by atoms with Crippen LogP contribution in [-0.4, -0.2) is 30.5 Å². The summed E-state index contributed by atoms with van der Waals surface area (Å²) in [7, 11) is 0. The molecule has 0 fully saturated rings. The fraction of sp³-hybridized carbons (Fsp3) is 0.385. The number of nitrogens with two attached hydrogens (primary N) is 1. The Bertz CT molecular complexity index is 477. The number of aromatic nitrogens is 1. The van der Waals surface area contributed by atoms with Gasteiger partial charge in [-0.25, -0.2) is 18.8 Å². The van der Waals surface area contributed by atoms with E-state index in [1.54, 1.807) is 12.1 Å². The van der Waals surface area contributed by atoms with Crippen molar-refractivity contribution in [2.45, 2.75) is 19.9 Å². The van der Waals surface area contributed by atoms with E-state index in [9.17, 15) is 8.78 Å². The number of hydrogen-bond donors (Lipinski definition) is 2. The molecule has 0 aromatic carbocycles. The zero-order valence-corrected chi connectivity index (χ0v) is 11.3. The van der Waals surface area contributed by atoms with E-state index >= 15 is 0 Å². The van der Waals surface area contributed by atoms with Gasteiger partial charge >= 0.3 is 0 Å². The van der Waals surface area contributed by atoms with Gasteiger partial charge in [-0.15, -0.1) is 0 Å². The summed E-state index contributed by atoms with van der Waals surface area (Å²) in [5.41, 5.74) is 7.16. The fourth-order valence-electron chi connectivity index (χ4n) is 1.24. The number of alkyl halides is 2. The first-order valence-corrected chi connectivity index (χ1v) is 6.02. The van der Waals surface area contributed by atoms with E-state index in [1.165, 1.54) is 6.07 Å². The zero-order chi connectivity index (χ0) is 15.0. The predicted molar refractivity (Wildman–Crippen MR) is 73.9 cm³/mol. The highest BCUT2D eigenvalue weighted by molar-refractivity contribution is 5.77. The summed E-state index contributed by atoms with van der Waals surface area (Å²) in [4.78, 5) is 8.13. The molecule has 0 atom stereocenters. The summed E-state index contributed by atoms with van der Waals surface area (Å²) in [6, 6.07) is 4.89. The number of nitrogens with one attached hydrogen (secondary N) is 1. The maximum Gasteiger partial charge on any atom is 0.272 e. The van der Waals surface area contributed by atoms with Crippen molar-refractivity contribution >= 4 is 5.96 Å². The minimum atomic E-state index is -2.53. The monoisotopic (exact) mass is 284 g/mol. The maximum atomic E-state index is 12.0. The Hall–Kier alpha value is -2.18. The van der Waals surface area contributed by atoms with E-state index in [1.807, 2.05) is 6.92 Å². The van der Waals surface area contributed by atoms with Gasteiger partial charge < -0.3 is 15.8 Å². The van der Waals surface area contributed by atoms with Crippen molar-refractivity contribution in [3.05, 3.63) is 36.0 Å². The zero-order valence-electron chi connectivity index (χ0n) is 11.3. The van der Waals surface area contributed by atoms with Crippen LogP contribution in [-0.2, 0) is 6.54 Å². The van der Waals surface area contributed by atoms with E-state index in [2.05, 4.69) is 21.9 Å². The molecule has 0 bridgehead atoms. The highest BCUT2D eigenvalue weighted by atomic mass is 19.3. The second-order valence-corrected chi connectivity index (χ2v) is 4.18. The summed E-state index contributed by atoms with van der Waals surface area (Å²) < 4.78 is 28.9. The van der Waals surface area contributed by atoms with E-state index in [-0.39, 0.29) is 18.4 Å². The van der Waals surface area contributed by atoms with Crippen molar-refractivity contribution in [2.24, 2.45) is 10.7 Å². The highest BCUT2D eigenvalue weighted by Gasteiger charge is 2.05. The van der Waals surface area contributed by atoms with Crippen LogP contribution in [0.4, 0.5) is 8.78 Å². The van der Waals surface area contributed by atoms with Gasteiger partial charge in [0.1, 0.15) is 0 Å². The van der Waals surface area contributed by atoms with Gasteiger partial charge in [0, 0.05) is 12.6 Å². The van der Waals surface area contributed by atoms with Crippen LogP contribution in [0.1, 0.15) is 12.6 Å². The summed E-state index contributed by atoms with van der Waals surface area (Å²) in [6.07, 6.45) is -2.53. The Labute approximate surface area is 116 Å². The molecule has 0 saturated heterocycles. The van der Waals surface area contributed by atoms with Crippen LogP contribution in [0.3, 0.4) is 0 Å². The van der Waals surface area contributed by atoms with Crippen LogP contribution in [0.15, 0.2) is 35.3 Å². The fourth-order valence-corrected chi connectivity index (χ4v) is 1.24. The minimum Gasteiger partial charge on any atom is -0.472 e. The van der Waals surface area contributed by atoms with Crippen LogP contribution < -0.4 is 15.8 Å². The van der Waals surface area contributed by atoms with Gasteiger partial charge in [0.25, 0.3) is 6.43 Å². The Morgan fingerprint density at radius 2 is 2.30 bits per heavy atom. The second kappa shape index (κ2) is 8.08. The number of pyridine rings is 1. The average molecular weight is 284 g/mol. The second-order valence-electron chi connectivity index (χ2n) is 4.18. The summed E-state index contributed by atoms with van der Waals surface area (Å²) in [6.45, 7) is 5.70. The molecule has 1 heterocycles. The molecule has 20 heavy (non-hydrogen) atoms. The lowest BCUT2D eigenvalue weighted by Gasteiger charge is -2.06. The minimum absolute atomic E-state index is 0.145. The number of hydrogen-bond acceptors (Lipinski definition) is 3. The Kier molecular flexibility index (Phi) is 6.42. The number of rotatable bonds is 7. The molecule has 0 amide bonds. The summed E-state index contributed by atoms with van der Waals surface area (Å²) in [5, 5.41) is 2.88. The number of aliphatic imine (C=N–C) groups is 1. The molecule has 0 spiro atoms. The highest BCUT2D eigenvalue weighted by Crippen LogP contribution is 2.09. The largest absolute Gasteiger partial charge is 0.472 e. The quantitative estimate of drug-likeness (QED) is 0.454. The van der Waals surface area contributed by atoms with Crippen molar-refractivity contribution < 1.29 is 13.5 Å². The third-order valence-electron chi connectivity index (χ3n) is 2.12. The molecule has 0 aliphatic carbocycles. The molecule has 0 radical (unpaired) electrons. The van der Waals surface area contributed by atoms with Crippen molar-refractivity contribution in [1.82, 2.24) is 10.3 Å². The van der Waals surface area contributed by atoms with Crippen LogP contribution in [0.5, 0.6) is 5.88 Å². The van der Waals surface area contributed by atoms with Gasteiger partial charge in [-0.2, -0.15) is 0 Å². The Balaban J connectivity index is 2.53. The first-order chi connectivity index (χ1) is 9.47. The molecule has 3 N–H and O–H groups in total. The number of guanidine groups is 1. The molecular weight excluding hydrogens is 266 g/mol. The standard InChI is InChI=1S/C13H18F2N4O/c1-9(2)6-17-13(16)18-7-10-4-3-5-12(19-10)20-8-11(14)15/h3-5,11H,1,6-8H2,2H3,(H3,16,17,18). The molecule has 7 heteroatoms. The molecule has 1 aromatic heterocycles.